The van der Waals surface area contributed by atoms with Crippen LogP contribution in [0.3, 0.4) is 0 Å². The van der Waals surface area contributed by atoms with E-state index in [1.807, 2.05) is 30.3 Å². The zero-order valence-electron chi connectivity index (χ0n) is 25.3. The number of aromatic nitrogens is 1. The van der Waals surface area contributed by atoms with Gasteiger partial charge < -0.3 is 14.4 Å². The number of unbranched alkanes of at least 4 members (excludes halogenated alkanes) is 1. The van der Waals surface area contributed by atoms with Crippen molar-refractivity contribution >= 4 is 23.6 Å². The van der Waals surface area contributed by atoms with Gasteiger partial charge in [-0.05, 0) is 48.9 Å². The van der Waals surface area contributed by atoms with Crippen LogP contribution >= 0.6 is 11.8 Å². The average Bonchev–Trinajstić information content (AvgIpc) is 3.19. The van der Waals surface area contributed by atoms with E-state index in [0.29, 0.717) is 30.2 Å². The number of hydrogen-bond acceptors (Lipinski definition) is 7. The van der Waals surface area contributed by atoms with E-state index in [4.69, 9.17) is 9.47 Å². The number of esters is 1. The van der Waals surface area contributed by atoms with Gasteiger partial charge in [-0.3, -0.25) is 24.1 Å². The van der Waals surface area contributed by atoms with Crippen LogP contribution in [0.1, 0.15) is 85.6 Å². The van der Waals surface area contributed by atoms with E-state index in [2.05, 4.69) is 11.9 Å². The van der Waals surface area contributed by atoms with Crippen molar-refractivity contribution in [3.05, 3.63) is 93.2 Å². The minimum absolute atomic E-state index is 0.0218. The summed E-state index contributed by atoms with van der Waals surface area (Å²) in [4.78, 5) is 43.3. The van der Waals surface area contributed by atoms with Crippen LogP contribution < -0.4 is 15.2 Å². The van der Waals surface area contributed by atoms with Crippen molar-refractivity contribution in [1.82, 2.24) is 9.58 Å². The second-order valence-corrected chi connectivity index (χ2v) is 12.9. The molecule has 4 heterocycles. The summed E-state index contributed by atoms with van der Waals surface area (Å²) in [7, 11) is 1.49. The molecule has 8 nitrogen and oxygen atoms in total. The van der Waals surface area contributed by atoms with Crippen LogP contribution in [0, 0.1) is 11.7 Å². The Kier molecular flexibility index (Phi) is 8.82. The zero-order chi connectivity index (χ0) is 31.0. The fourth-order valence-electron chi connectivity index (χ4n) is 6.74. The Hall–Kier alpha value is -3.63. The van der Waals surface area contributed by atoms with Gasteiger partial charge in [0.05, 0.1) is 12.5 Å². The maximum Gasteiger partial charge on any atom is 0.314 e. The Morgan fingerprint density at radius 2 is 1.95 bits per heavy atom. The molecule has 10 heteroatoms. The van der Waals surface area contributed by atoms with Crippen LogP contribution in [0.15, 0.2) is 64.4 Å². The number of nitrogens with zero attached hydrogens (tertiary/aromatic N) is 3. The molecule has 0 bridgehead atoms. The Balaban J connectivity index is 1.57. The van der Waals surface area contributed by atoms with Crippen LogP contribution in [0.25, 0.3) is 0 Å². The van der Waals surface area contributed by atoms with E-state index in [0.717, 1.165) is 41.7 Å². The highest BCUT2D eigenvalue weighted by Gasteiger charge is 2.47. The molecule has 6 rings (SSSR count). The Bertz CT molecular complexity index is 1630. The standard InChI is InChI=1S/C34H38FN3O5S/c1-4-5-9-22-14-16-36-28(19-22)38(31-24-11-6-7-13-27(24)44-20-23-10-8-12-25(35)30(23)31)37-17-15-26(39)33(32(37)34(36)41)43-29(40)18-21(2)42-3/h6-8,10-13,15,17,21-22,28,31H,4-5,9,14,16,18-20H2,1-3H3. The van der Waals surface area contributed by atoms with E-state index >= 15 is 4.39 Å². The molecule has 0 spiro atoms. The molecule has 4 atom stereocenters. The number of thioether (sulfide) groups is 1. The van der Waals surface area contributed by atoms with Gasteiger partial charge in [0.1, 0.15) is 18.0 Å². The first kappa shape index (κ1) is 30.4. The molecular formula is C34H38FN3O5S. The molecule has 1 aromatic heterocycles. The first-order valence-corrected chi connectivity index (χ1v) is 16.4. The maximum absolute atomic E-state index is 16.1. The molecule has 232 valence electrons. The second-order valence-electron chi connectivity index (χ2n) is 11.9. The average molecular weight is 620 g/mol. The van der Waals surface area contributed by atoms with Crippen molar-refractivity contribution in [1.29, 1.82) is 0 Å². The number of pyridine rings is 1. The highest BCUT2D eigenvalue weighted by molar-refractivity contribution is 7.98. The monoisotopic (exact) mass is 619 g/mol. The largest absolute Gasteiger partial charge is 0.420 e. The van der Waals surface area contributed by atoms with E-state index in [1.165, 1.54) is 19.2 Å². The van der Waals surface area contributed by atoms with Gasteiger partial charge in [0.25, 0.3) is 5.91 Å². The van der Waals surface area contributed by atoms with E-state index in [-0.39, 0.29) is 29.6 Å². The lowest BCUT2D eigenvalue weighted by Crippen LogP contribution is -2.64. The second kappa shape index (κ2) is 12.8. The summed E-state index contributed by atoms with van der Waals surface area (Å²) >= 11 is 1.66. The van der Waals surface area contributed by atoms with Crippen molar-refractivity contribution in [2.75, 3.05) is 18.7 Å². The number of ether oxygens (including phenoxy) is 2. The summed E-state index contributed by atoms with van der Waals surface area (Å²) in [5.74, 6) is -0.695. The minimum atomic E-state index is -0.669. The number of amides is 1. The van der Waals surface area contributed by atoms with Gasteiger partial charge in [0, 0.05) is 42.1 Å². The number of rotatable bonds is 8. The molecule has 4 unspecified atom stereocenters. The first-order chi connectivity index (χ1) is 21.3. The summed E-state index contributed by atoms with van der Waals surface area (Å²) in [5, 5.41) is 2.05. The van der Waals surface area contributed by atoms with Crippen LogP contribution in [0.4, 0.5) is 4.39 Å². The molecule has 44 heavy (non-hydrogen) atoms. The number of hydrogen-bond donors (Lipinski definition) is 0. The highest BCUT2D eigenvalue weighted by Crippen LogP contribution is 2.46. The predicted molar refractivity (Wildman–Crippen MR) is 167 cm³/mol. The van der Waals surface area contributed by atoms with Gasteiger partial charge in [0.15, 0.2) is 5.69 Å². The number of carbonyl (C=O) groups excluding carboxylic acids is 2. The van der Waals surface area contributed by atoms with Gasteiger partial charge in [-0.15, -0.1) is 11.8 Å². The number of carbonyl (C=O) groups is 2. The van der Waals surface area contributed by atoms with E-state index < -0.39 is 29.7 Å². The fraction of sp³-hybridized carbons (Fsp3) is 0.441. The molecule has 3 aromatic rings. The Morgan fingerprint density at radius 3 is 2.75 bits per heavy atom. The van der Waals surface area contributed by atoms with Crippen LogP contribution in [-0.4, -0.2) is 47.4 Å². The van der Waals surface area contributed by atoms with Gasteiger partial charge in [0.2, 0.25) is 11.2 Å². The summed E-state index contributed by atoms with van der Waals surface area (Å²) < 4.78 is 28.6. The third-order valence-electron chi connectivity index (χ3n) is 9.05. The quantitative estimate of drug-likeness (QED) is 0.285. The fourth-order valence-corrected chi connectivity index (χ4v) is 7.82. The molecule has 0 aliphatic carbocycles. The molecule has 1 fully saturated rings. The predicted octanol–water partition coefficient (Wildman–Crippen LogP) is 6.03. The number of benzene rings is 2. The van der Waals surface area contributed by atoms with E-state index in [1.54, 1.807) is 40.5 Å². The molecular weight excluding hydrogens is 581 g/mol. The third kappa shape index (κ3) is 5.54. The summed E-state index contributed by atoms with van der Waals surface area (Å²) in [6.07, 6.45) is 5.40. The first-order valence-electron chi connectivity index (χ1n) is 15.4. The summed E-state index contributed by atoms with van der Waals surface area (Å²) in [5.41, 5.74) is 1.75. The lowest BCUT2D eigenvalue weighted by molar-refractivity contribution is -0.136. The van der Waals surface area contributed by atoms with Crippen LogP contribution in [0.5, 0.6) is 5.75 Å². The third-order valence-corrected chi connectivity index (χ3v) is 10.2. The van der Waals surface area contributed by atoms with Gasteiger partial charge in [-0.1, -0.05) is 56.5 Å². The molecule has 3 aliphatic rings. The van der Waals surface area contributed by atoms with Crippen LogP contribution in [0.2, 0.25) is 0 Å². The van der Waals surface area contributed by atoms with Gasteiger partial charge >= 0.3 is 5.97 Å². The normalized spacial score (nSPS) is 21.5. The van der Waals surface area contributed by atoms with Crippen LogP contribution in [-0.2, 0) is 15.3 Å². The Morgan fingerprint density at radius 1 is 1.14 bits per heavy atom. The molecule has 2 aromatic carbocycles. The molecule has 0 N–H and O–H groups in total. The number of halogens is 1. The van der Waals surface area contributed by atoms with Gasteiger partial charge in [-0.2, -0.15) is 0 Å². The number of methoxy groups -OCH3 is 1. The maximum atomic E-state index is 16.1. The summed E-state index contributed by atoms with van der Waals surface area (Å²) in [6.45, 7) is 4.38. The zero-order valence-corrected chi connectivity index (χ0v) is 26.1. The topological polar surface area (TPSA) is 81.1 Å². The molecule has 0 radical (unpaired) electrons. The smallest absolute Gasteiger partial charge is 0.314 e. The lowest BCUT2D eigenvalue weighted by atomic mass is 9.86. The number of fused-ring (bicyclic) bond motifs is 4. The molecule has 1 saturated heterocycles. The summed E-state index contributed by atoms with van der Waals surface area (Å²) in [6, 6.07) is 13.9. The van der Waals surface area contributed by atoms with Crippen molar-refractivity contribution in [2.24, 2.45) is 5.92 Å². The lowest BCUT2D eigenvalue weighted by Gasteiger charge is -2.53. The highest BCUT2D eigenvalue weighted by atomic mass is 32.2. The van der Waals surface area contributed by atoms with Crippen molar-refractivity contribution in [2.45, 2.75) is 81.3 Å². The molecule has 1 amide bonds. The minimum Gasteiger partial charge on any atom is -0.420 e. The van der Waals surface area contributed by atoms with Crippen molar-refractivity contribution in [3.8, 4) is 5.75 Å². The van der Waals surface area contributed by atoms with E-state index in [9.17, 15) is 14.4 Å². The molecule has 3 aliphatic heterocycles. The van der Waals surface area contributed by atoms with Crippen molar-refractivity contribution in [3.63, 3.8) is 0 Å². The van der Waals surface area contributed by atoms with Crippen molar-refractivity contribution < 1.29 is 23.5 Å². The number of piperidine rings is 1. The SMILES string of the molecule is CCCCC1CCN2C(=O)c3c(OC(=O)CC(C)OC)c(=O)ccn3N(C3c4ccccc4SCc4cccc(F)c43)C2C1. The van der Waals surface area contributed by atoms with Gasteiger partial charge in [-0.25, -0.2) is 4.39 Å². The molecule has 0 saturated carbocycles. The Labute approximate surface area is 261 Å².